The highest BCUT2D eigenvalue weighted by molar-refractivity contribution is 5.96. The van der Waals surface area contributed by atoms with Gasteiger partial charge in [0.2, 0.25) is 0 Å². The maximum atomic E-state index is 12.5. The number of allylic oxidation sites excluding steroid dienone is 1. The number of esters is 1. The van der Waals surface area contributed by atoms with Gasteiger partial charge in [-0.25, -0.2) is 0 Å². The van der Waals surface area contributed by atoms with E-state index in [0.29, 0.717) is 48.3 Å². The van der Waals surface area contributed by atoms with E-state index < -0.39 is 23.5 Å². The Labute approximate surface area is 177 Å². The van der Waals surface area contributed by atoms with Crippen LogP contribution in [0, 0.1) is 52.3 Å². The molecule has 30 heavy (non-hydrogen) atoms. The van der Waals surface area contributed by atoms with Crippen LogP contribution in [0.15, 0.2) is 11.6 Å². The highest BCUT2D eigenvalue weighted by Crippen LogP contribution is 2.80. The zero-order valence-electron chi connectivity index (χ0n) is 18.1. The summed E-state index contributed by atoms with van der Waals surface area (Å²) in [5, 5.41) is 9.59. The van der Waals surface area contributed by atoms with Crippen molar-refractivity contribution in [2.24, 2.45) is 52.3 Å². The van der Waals surface area contributed by atoms with Crippen LogP contribution in [0.1, 0.15) is 65.7 Å². The van der Waals surface area contributed by atoms with E-state index in [1.807, 2.05) is 6.08 Å². The lowest BCUT2D eigenvalue weighted by Gasteiger charge is -2.62. The van der Waals surface area contributed by atoms with Crippen LogP contribution in [-0.4, -0.2) is 28.4 Å². The minimum atomic E-state index is -1.03. The minimum Gasteiger partial charge on any atom is -0.481 e. The molecule has 10 atom stereocenters. The fraction of sp³-hybridized carbons (Fsp3) is 0.800. The maximum absolute atomic E-state index is 12.5. The number of ether oxygens (including phenoxy) is 1. The highest BCUT2D eigenvalue weighted by atomic mass is 16.6. The minimum absolute atomic E-state index is 0.114. The van der Waals surface area contributed by atoms with E-state index >= 15 is 0 Å². The molecular weight excluding hydrogens is 380 g/mol. The molecule has 10 unspecified atom stereocenters. The normalized spacial score (nSPS) is 55.8. The Kier molecular flexibility index (Phi) is 3.54. The van der Waals surface area contributed by atoms with Crippen molar-refractivity contribution in [3.8, 4) is 0 Å². The molecule has 0 aromatic carbocycles. The average molecular weight is 413 g/mol. The van der Waals surface area contributed by atoms with Crippen LogP contribution in [0.3, 0.4) is 0 Å². The quantitative estimate of drug-likeness (QED) is 0.520. The summed E-state index contributed by atoms with van der Waals surface area (Å²) in [4.78, 5) is 36.4. The second-order valence-electron chi connectivity index (χ2n) is 11.8. The number of rotatable bonds is 1. The Hall–Kier alpha value is -1.65. The molecule has 6 rings (SSSR count). The van der Waals surface area contributed by atoms with Gasteiger partial charge >= 0.3 is 11.9 Å². The number of hydrogen-bond acceptors (Lipinski definition) is 4. The second kappa shape index (κ2) is 5.58. The Morgan fingerprint density at radius 3 is 2.67 bits per heavy atom. The second-order valence-corrected chi connectivity index (χ2v) is 11.8. The summed E-state index contributed by atoms with van der Waals surface area (Å²) >= 11 is 0. The molecule has 6 aliphatic rings. The molecule has 162 valence electrons. The first-order valence-electron chi connectivity index (χ1n) is 11.8. The van der Waals surface area contributed by atoms with Crippen molar-refractivity contribution in [2.45, 2.75) is 71.3 Å². The molecule has 0 radical (unpaired) electrons. The van der Waals surface area contributed by atoms with Gasteiger partial charge in [-0.2, -0.15) is 0 Å². The smallest absolute Gasteiger partial charge is 0.321 e. The SMILES string of the molecule is CC1CC2=CC(=O)CCC2(C)C2CCC3(C)C(C4CC4C34CC(C(=O)O)C(=O)O4)C12. The fourth-order valence-electron chi connectivity index (χ4n) is 9.42. The topological polar surface area (TPSA) is 80.7 Å². The van der Waals surface area contributed by atoms with Crippen molar-refractivity contribution in [1.29, 1.82) is 0 Å². The van der Waals surface area contributed by atoms with Crippen LogP contribution in [-0.2, 0) is 19.1 Å². The summed E-state index contributed by atoms with van der Waals surface area (Å²) in [6.45, 7) is 7.05. The molecule has 0 aromatic rings. The largest absolute Gasteiger partial charge is 0.481 e. The molecule has 0 amide bonds. The van der Waals surface area contributed by atoms with Gasteiger partial charge in [0.05, 0.1) is 0 Å². The van der Waals surface area contributed by atoms with E-state index in [1.54, 1.807) is 0 Å². The van der Waals surface area contributed by atoms with Crippen LogP contribution in [0.25, 0.3) is 0 Å². The Balaban J connectivity index is 1.40. The van der Waals surface area contributed by atoms with Gasteiger partial charge in [0, 0.05) is 24.2 Å². The lowest BCUT2D eigenvalue weighted by atomic mass is 9.43. The van der Waals surface area contributed by atoms with Crippen molar-refractivity contribution in [3.05, 3.63) is 11.6 Å². The first kappa shape index (κ1) is 19.1. The van der Waals surface area contributed by atoms with E-state index in [2.05, 4.69) is 20.8 Å². The third-order valence-corrected chi connectivity index (χ3v) is 10.8. The lowest BCUT2D eigenvalue weighted by molar-refractivity contribution is -0.180. The number of aliphatic carboxylic acids is 1. The summed E-state index contributed by atoms with van der Waals surface area (Å²) in [6, 6.07) is 0. The van der Waals surface area contributed by atoms with Crippen molar-refractivity contribution in [3.63, 3.8) is 0 Å². The number of ketones is 1. The Bertz CT molecular complexity index is 905. The average Bonchev–Trinajstić information content (AvgIpc) is 3.33. The summed E-state index contributed by atoms with van der Waals surface area (Å²) in [7, 11) is 0. The number of carbonyl (C=O) groups is 3. The fourth-order valence-corrected chi connectivity index (χ4v) is 9.42. The summed E-state index contributed by atoms with van der Waals surface area (Å²) < 4.78 is 6.10. The van der Waals surface area contributed by atoms with Crippen LogP contribution in [0.2, 0.25) is 0 Å². The van der Waals surface area contributed by atoms with Gasteiger partial charge in [-0.15, -0.1) is 0 Å². The third kappa shape index (κ3) is 2.03. The monoisotopic (exact) mass is 412 g/mol. The van der Waals surface area contributed by atoms with Gasteiger partial charge in [0.15, 0.2) is 11.7 Å². The zero-order chi connectivity index (χ0) is 21.2. The predicted molar refractivity (Wildman–Crippen MR) is 108 cm³/mol. The molecule has 0 aromatic heterocycles. The van der Waals surface area contributed by atoms with Gasteiger partial charge in [-0.3, -0.25) is 14.4 Å². The van der Waals surface area contributed by atoms with E-state index in [9.17, 15) is 19.5 Å². The van der Waals surface area contributed by atoms with E-state index in [1.165, 1.54) is 5.57 Å². The van der Waals surface area contributed by atoms with Gasteiger partial charge in [0.1, 0.15) is 5.60 Å². The Morgan fingerprint density at radius 2 is 1.97 bits per heavy atom. The van der Waals surface area contributed by atoms with Gasteiger partial charge < -0.3 is 9.84 Å². The first-order chi connectivity index (χ1) is 14.1. The van der Waals surface area contributed by atoms with E-state index in [-0.39, 0.29) is 16.6 Å². The molecule has 5 aliphatic carbocycles. The van der Waals surface area contributed by atoms with Crippen molar-refractivity contribution < 1.29 is 24.2 Å². The summed E-state index contributed by atoms with van der Waals surface area (Å²) in [6.07, 6.45) is 8.09. The highest BCUT2D eigenvalue weighted by Gasteiger charge is 2.80. The first-order valence-corrected chi connectivity index (χ1v) is 11.8. The molecule has 1 N–H and O–H groups in total. The molecule has 1 spiro atoms. The maximum Gasteiger partial charge on any atom is 0.321 e. The number of carbonyl (C=O) groups excluding carboxylic acids is 2. The van der Waals surface area contributed by atoms with Crippen molar-refractivity contribution >= 4 is 17.7 Å². The van der Waals surface area contributed by atoms with Crippen LogP contribution in [0.4, 0.5) is 0 Å². The third-order valence-electron chi connectivity index (χ3n) is 10.8. The zero-order valence-corrected chi connectivity index (χ0v) is 18.1. The van der Waals surface area contributed by atoms with Crippen LogP contribution >= 0.6 is 0 Å². The molecule has 0 bridgehead atoms. The van der Waals surface area contributed by atoms with Gasteiger partial charge in [-0.05, 0) is 73.2 Å². The molecule has 5 heteroatoms. The van der Waals surface area contributed by atoms with Crippen LogP contribution < -0.4 is 0 Å². The van der Waals surface area contributed by atoms with Crippen LogP contribution in [0.5, 0.6) is 0 Å². The van der Waals surface area contributed by atoms with Gasteiger partial charge in [0.25, 0.3) is 0 Å². The standard InChI is InChI=1S/C25H32O5/c1-12-8-13-9-14(26)4-6-23(13,2)17-5-7-24(3)20(19(12)17)15-10-18(15)25(24)11-16(21(27)28)22(29)30-25/h9,12,15-20H,4-8,10-11H2,1-3H3,(H,27,28). The number of fused-ring (bicyclic) bond motifs is 9. The molecule has 4 saturated carbocycles. The van der Waals surface area contributed by atoms with Gasteiger partial charge in [-0.1, -0.05) is 26.3 Å². The molecule has 1 heterocycles. The molecule has 1 aliphatic heterocycles. The molecular formula is C25H32O5. The number of carboxylic acids is 1. The molecule has 5 fully saturated rings. The summed E-state index contributed by atoms with van der Waals surface area (Å²) in [5.41, 5.74) is 0.780. The number of hydrogen-bond donors (Lipinski definition) is 1. The van der Waals surface area contributed by atoms with Crippen molar-refractivity contribution in [1.82, 2.24) is 0 Å². The van der Waals surface area contributed by atoms with E-state index in [4.69, 9.17) is 4.74 Å². The molecule has 1 saturated heterocycles. The van der Waals surface area contributed by atoms with Crippen molar-refractivity contribution in [2.75, 3.05) is 0 Å². The Morgan fingerprint density at radius 1 is 1.20 bits per heavy atom. The predicted octanol–water partition coefficient (Wildman–Crippen LogP) is 4.01. The lowest BCUT2D eigenvalue weighted by Crippen LogP contribution is -2.58. The van der Waals surface area contributed by atoms with E-state index in [0.717, 1.165) is 32.1 Å². The summed E-state index contributed by atoms with van der Waals surface area (Å²) in [5.74, 6) is 0.772. The molecule has 5 nitrogen and oxygen atoms in total. The number of carboxylic acid groups (broad SMARTS) is 1.